The molecule has 2 fully saturated rings. The summed E-state index contributed by atoms with van der Waals surface area (Å²) in [7, 11) is 0. The maximum absolute atomic E-state index is 13.0. The number of hydrogen-bond acceptors (Lipinski definition) is 6. The van der Waals surface area contributed by atoms with Crippen molar-refractivity contribution in [3.63, 3.8) is 0 Å². The zero-order valence-electron chi connectivity index (χ0n) is 16.2. The molecular weight excluding hydrogens is 400 g/mol. The molecule has 2 aliphatic heterocycles. The summed E-state index contributed by atoms with van der Waals surface area (Å²) in [5, 5.41) is 0. The van der Waals surface area contributed by atoms with Crippen LogP contribution >= 0.6 is 11.3 Å². The maximum atomic E-state index is 13.0. The first kappa shape index (κ1) is 18.0. The van der Waals surface area contributed by atoms with E-state index < -0.39 is 0 Å². The number of likely N-dealkylation sites (tertiary alicyclic amines) is 1. The average molecular weight is 420 g/mol. The summed E-state index contributed by atoms with van der Waals surface area (Å²) in [5.74, 6) is 0.0164. The first-order valence-corrected chi connectivity index (χ1v) is 10.9. The van der Waals surface area contributed by atoms with Crippen molar-refractivity contribution in [3.05, 3.63) is 59.9 Å². The van der Waals surface area contributed by atoms with Gasteiger partial charge in [0.25, 0.3) is 5.91 Å². The van der Waals surface area contributed by atoms with E-state index in [9.17, 15) is 4.79 Å². The molecule has 6 rings (SSSR count). The van der Waals surface area contributed by atoms with E-state index >= 15 is 0 Å². The Hall–Kier alpha value is -2.81. The van der Waals surface area contributed by atoms with Crippen molar-refractivity contribution in [1.29, 1.82) is 0 Å². The highest BCUT2D eigenvalue weighted by Crippen LogP contribution is 2.28. The molecule has 0 N–H and O–H groups in total. The van der Waals surface area contributed by atoms with Crippen LogP contribution in [0, 0.1) is 0 Å². The minimum Gasteiger partial charge on any atom is -0.371 e. The molecule has 8 heteroatoms. The fraction of sp³-hybridized carbons (Fsp3) is 0.318. The fourth-order valence-corrected chi connectivity index (χ4v) is 5.06. The first-order chi connectivity index (χ1) is 14.8. The van der Waals surface area contributed by atoms with Gasteiger partial charge in [0.1, 0.15) is 12.2 Å². The summed E-state index contributed by atoms with van der Waals surface area (Å²) in [4.78, 5) is 23.6. The van der Waals surface area contributed by atoms with Crippen molar-refractivity contribution in [2.75, 3.05) is 26.3 Å². The second kappa shape index (κ2) is 7.16. The van der Waals surface area contributed by atoms with Crippen LogP contribution in [0.2, 0.25) is 0 Å². The van der Waals surface area contributed by atoms with E-state index in [0.29, 0.717) is 31.9 Å². The Bertz CT molecular complexity index is 1220. The number of amides is 1. The number of carbonyl (C=O) groups excluding carboxylic acids is 1. The standard InChI is InChI=1S/C22H20N4O3S/c27-22(14-5-6-17-21(7-14)30-13-24-17)25-8-19-20(9-25)29-11-15(10-28-19)26-12-23-16-3-1-2-4-18(16)26/h1-7,12-13,15,19-20H,8-11H2/t19-,20-/m0/s1. The molecule has 30 heavy (non-hydrogen) atoms. The number of benzene rings is 2. The third-order valence-corrected chi connectivity index (χ3v) is 6.75. The normalized spacial score (nSPS) is 22.5. The molecule has 4 heterocycles. The van der Waals surface area contributed by atoms with Gasteiger partial charge in [0.05, 0.1) is 52.3 Å². The predicted molar refractivity (Wildman–Crippen MR) is 114 cm³/mol. The number of rotatable bonds is 2. The highest BCUT2D eigenvalue weighted by atomic mass is 32.1. The van der Waals surface area contributed by atoms with Gasteiger partial charge in [-0.2, -0.15) is 0 Å². The Morgan fingerprint density at radius 1 is 1.00 bits per heavy atom. The van der Waals surface area contributed by atoms with E-state index in [2.05, 4.69) is 20.6 Å². The van der Waals surface area contributed by atoms with Crippen LogP contribution < -0.4 is 0 Å². The molecule has 2 aromatic heterocycles. The highest BCUT2D eigenvalue weighted by molar-refractivity contribution is 7.16. The third kappa shape index (κ3) is 2.99. The number of fused-ring (bicyclic) bond motifs is 3. The molecule has 0 spiro atoms. The minimum absolute atomic E-state index is 0.0164. The van der Waals surface area contributed by atoms with Crippen LogP contribution in [0.25, 0.3) is 21.3 Å². The number of ether oxygens (including phenoxy) is 2. The van der Waals surface area contributed by atoms with Gasteiger partial charge >= 0.3 is 0 Å². The second-order valence-corrected chi connectivity index (χ2v) is 8.67. The van der Waals surface area contributed by atoms with Gasteiger partial charge in [-0.25, -0.2) is 9.97 Å². The van der Waals surface area contributed by atoms with Gasteiger partial charge in [0.15, 0.2) is 0 Å². The summed E-state index contributed by atoms with van der Waals surface area (Å²) >= 11 is 1.55. The Labute approximate surface area is 176 Å². The van der Waals surface area contributed by atoms with Crippen LogP contribution in [-0.4, -0.2) is 63.9 Å². The van der Waals surface area contributed by atoms with Crippen molar-refractivity contribution >= 4 is 38.5 Å². The van der Waals surface area contributed by atoms with Crippen molar-refractivity contribution in [3.8, 4) is 0 Å². The van der Waals surface area contributed by atoms with Crippen molar-refractivity contribution in [2.45, 2.75) is 18.2 Å². The number of thiazole rings is 1. The van der Waals surface area contributed by atoms with Gasteiger partial charge in [-0.15, -0.1) is 11.3 Å². The number of carbonyl (C=O) groups is 1. The van der Waals surface area contributed by atoms with E-state index in [1.165, 1.54) is 0 Å². The van der Waals surface area contributed by atoms with E-state index in [-0.39, 0.29) is 24.2 Å². The third-order valence-electron chi connectivity index (χ3n) is 5.96. The Morgan fingerprint density at radius 2 is 1.80 bits per heavy atom. The molecule has 2 atom stereocenters. The molecule has 0 radical (unpaired) electrons. The number of hydrogen-bond donors (Lipinski definition) is 0. The molecule has 152 valence electrons. The number of nitrogens with zero attached hydrogens (tertiary/aromatic N) is 4. The monoisotopic (exact) mass is 420 g/mol. The lowest BCUT2D eigenvalue weighted by Gasteiger charge is -2.20. The van der Waals surface area contributed by atoms with Gasteiger partial charge in [-0.05, 0) is 30.3 Å². The summed E-state index contributed by atoms with van der Waals surface area (Å²) in [6.07, 6.45) is 1.64. The molecule has 4 aromatic rings. The SMILES string of the molecule is O=C(c1ccc2ncsc2c1)N1C[C@@H]2OCC(n3cnc4ccccc43)CO[C@H]2C1. The van der Waals surface area contributed by atoms with Crippen LogP contribution in [-0.2, 0) is 9.47 Å². The lowest BCUT2D eigenvalue weighted by molar-refractivity contribution is -0.00461. The molecule has 0 bridgehead atoms. The smallest absolute Gasteiger partial charge is 0.254 e. The molecule has 2 saturated heterocycles. The van der Waals surface area contributed by atoms with Crippen molar-refractivity contribution in [1.82, 2.24) is 19.4 Å². The van der Waals surface area contributed by atoms with Gasteiger partial charge in [-0.1, -0.05) is 12.1 Å². The number of aromatic nitrogens is 3. The van der Waals surface area contributed by atoms with Crippen LogP contribution in [0.3, 0.4) is 0 Å². The Kier molecular flexibility index (Phi) is 4.29. The maximum Gasteiger partial charge on any atom is 0.254 e. The minimum atomic E-state index is -0.110. The summed E-state index contributed by atoms with van der Waals surface area (Å²) in [5.41, 5.74) is 5.46. The zero-order chi connectivity index (χ0) is 20.1. The van der Waals surface area contributed by atoms with E-state index in [4.69, 9.17) is 9.47 Å². The first-order valence-electron chi connectivity index (χ1n) is 10.0. The molecule has 0 aliphatic carbocycles. The van der Waals surface area contributed by atoms with Crippen molar-refractivity contribution < 1.29 is 14.3 Å². The van der Waals surface area contributed by atoms with Gasteiger partial charge in [0, 0.05) is 18.7 Å². The lowest BCUT2D eigenvalue weighted by atomic mass is 10.2. The zero-order valence-corrected chi connectivity index (χ0v) is 17.0. The largest absolute Gasteiger partial charge is 0.371 e. The predicted octanol–water partition coefficient (Wildman–Crippen LogP) is 3.13. The molecule has 7 nitrogen and oxygen atoms in total. The Balaban J connectivity index is 1.16. The Morgan fingerprint density at radius 3 is 2.63 bits per heavy atom. The molecule has 2 aliphatic rings. The second-order valence-electron chi connectivity index (χ2n) is 7.78. The fourth-order valence-electron chi connectivity index (χ4n) is 4.35. The summed E-state index contributed by atoms with van der Waals surface area (Å²) in [6.45, 7) is 2.16. The highest BCUT2D eigenvalue weighted by Gasteiger charge is 2.40. The lowest BCUT2D eigenvalue weighted by Crippen LogP contribution is -2.31. The summed E-state index contributed by atoms with van der Waals surface area (Å²) < 4.78 is 15.6. The molecule has 2 aromatic carbocycles. The average Bonchev–Trinajstić information content (AvgIpc) is 3.49. The van der Waals surface area contributed by atoms with Crippen molar-refractivity contribution in [2.24, 2.45) is 0 Å². The number of para-hydroxylation sites is 2. The van der Waals surface area contributed by atoms with Gasteiger partial charge in [-0.3, -0.25) is 4.79 Å². The topological polar surface area (TPSA) is 69.5 Å². The van der Waals surface area contributed by atoms with E-state index in [1.807, 2.05) is 47.6 Å². The molecule has 1 amide bonds. The molecular formula is C22H20N4O3S. The summed E-state index contributed by atoms with van der Waals surface area (Å²) in [6, 6.07) is 13.8. The van der Waals surface area contributed by atoms with E-state index in [1.54, 1.807) is 16.8 Å². The quantitative estimate of drug-likeness (QED) is 0.498. The van der Waals surface area contributed by atoms with Crippen LogP contribution in [0.15, 0.2) is 54.3 Å². The van der Waals surface area contributed by atoms with Gasteiger partial charge < -0.3 is 18.9 Å². The van der Waals surface area contributed by atoms with Gasteiger partial charge in [0.2, 0.25) is 0 Å². The van der Waals surface area contributed by atoms with Crippen LogP contribution in [0.4, 0.5) is 0 Å². The number of imidazole rings is 1. The van der Waals surface area contributed by atoms with E-state index in [0.717, 1.165) is 21.3 Å². The van der Waals surface area contributed by atoms with Crippen LogP contribution in [0.1, 0.15) is 16.4 Å². The van der Waals surface area contributed by atoms with Crippen LogP contribution in [0.5, 0.6) is 0 Å². The molecule has 0 saturated carbocycles. The molecule has 0 unspecified atom stereocenters.